The molecular formula is C12H18ClN3. The van der Waals surface area contributed by atoms with Gasteiger partial charge in [-0.1, -0.05) is 18.5 Å². The summed E-state index contributed by atoms with van der Waals surface area (Å²) in [5.41, 5.74) is 2.19. The molecule has 2 rings (SSSR count). The fourth-order valence-corrected chi connectivity index (χ4v) is 2.61. The van der Waals surface area contributed by atoms with E-state index in [1.807, 2.05) is 6.92 Å². The molecule has 1 fully saturated rings. The average molecular weight is 240 g/mol. The molecule has 0 aromatic carbocycles. The zero-order valence-electron chi connectivity index (χ0n) is 10.3. The Bertz CT molecular complexity index is 405. The van der Waals surface area contributed by atoms with Crippen molar-refractivity contribution in [2.24, 2.45) is 5.92 Å². The van der Waals surface area contributed by atoms with Gasteiger partial charge in [-0.2, -0.15) is 0 Å². The number of hydrogen-bond donors (Lipinski definition) is 0. The first-order chi connectivity index (χ1) is 7.50. The molecule has 1 saturated heterocycles. The predicted octanol–water partition coefficient (Wildman–Crippen LogP) is 2.98. The van der Waals surface area contributed by atoms with Gasteiger partial charge >= 0.3 is 0 Å². The standard InChI is InChI=1S/C12H18ClN3/c1-7-5-8(2)16(6-7)12-10(4)9(3)11(13)14-15-12/h7-8H,5-6H2,1-4H3. The highest BCUT2D eigenvalue weighted by molar-refractivity contribution is 6.30. The SMILES string of the molecule is Cc1c(Cl)nnc(N2CC(C)CC2C)c1C. The normalized spacial score (nSPS) is 25.2. The lowest BCUT2D eigenvalue weighted by molar-refractivity contribution is 0.625. The van der Waals surface area contributed by atoms with Crippen molar-refractivity contribution in [2.45, 2.75) is 40.2 Å². The van der Waals surface area contributed by atoms with E-state index in [1.54, 1.807) is 0 Å². The first-order valence-corrected chi connectivity index (χ1v) is 6.14. The van der Waals surface area contributed by atoms with Crippen LogP contribution in [0.4, 0.5) is 5.82 Å². The summed E-state index contributed by atoms with van der Waals surface area (Å²) >= 11 is 5.97. The van der Waals surface area contributed by atoms with Crippen LogP contribution in [0, 0.1) is 19.8 Å². The van der Waals surface area contributed by atoms with Crippen LogP contribution in [-0.2, 0) is 0 Å². The Kier molecular flexibility index (Phi) is 3.06. The number of aromatic nitrogens is 2. The number of anilines is 1. The molecular weight excluding hydrogens is 222 g/mol. The molecule has 1 aliphatic heterocycles. The maximum absolute atomic E-state index is 5.97. The second kappa shape index (κ2) is 4.21. The Labute approximate surface area is 102 Å². The van der Waals surface area contributed by atoms with Gasteiger partial charge in [0.2, 0.25) is 0 Å². The summed E-state index contributed by atoms with van der Waals surface area (Å²) < 4.78 is 0. The zero-order chi connectivity index (χ0) is 11.9. The molecule has 1 aromatic heterocycles. The third kappa shape index (κ3) is 1.88. The molecule has 16 heavy (non-hydrogen) atoms. The van der Waals surface area contributed by atoms with Gasteiger partial charge in [0.25, 0.3) is 0 Å². The van der Waals surface area contributed by atoms with E-state index >= 15 is 0 Å². The minimum atomic E-state index is 0.515. The molecule has 2 unspecified atom stereocenters. The maximum Gasteiger partial charge on any atom is 0.155 e. The van der Waals surface area contributed by atoms with Crippen LogP contribution >= 0.6 is 11.6 Å². The topological polar surface area (TPSA) is 29.0 Å². The minimum absolute atomic E-state index is 0.515. The van der Waals surface area contributed by atoms with Crippen LogP contribution in [0.2, 0.25) is 5.15 Å². The van der Waals surface area contributed by atoms with Crippen molar-refractivity contribution in [1.29, 1.82) is 0 Å². The summed E-state index contributed by atoms with van der Waals surface area (Å²) in [7, 11) is 0. The maximum atomic E-state index is 5.97. The Morgan fingerprint density at radius 3 is 2.44 bits per heavy atom. The smallest absolute Gasteiger partial charge is 0.155 e. The molecule has 0 N–H and O–H groups in total. The van der Waals surface area contributed by atoms with Gasteiger partial charge in [0, 0.05) is 12.6 Å². The summed E-state index contributed by atoms with van der Waals surface area (Å²) in [4.78, 5) is 2.34. The average Bonchev–Trinajstić information content (AvgIpc) is 2.55. The number of rotatable bonds is 1. The molecule has 1 aliphatic rings. The highest BCUT2D eigenvalue weighted by Gasteiger charge is 2.28. The van der Waals surface area contributed by atoms with Crippen molar-refractivity contribution in [3.63, 3.8) is 0 Å². The van der Waals surface area contributed by atoms with Gasteiger partial charge in [-0.15, -0.1) is 10.2 Å². The van der Waals surface area contributed by atoms with Crippen molar-refractivity contribution in [1.82, 2.24) is 10.2 Å². The van der Waals surface area contributed by atoms with Gasteiger partial charge in [-0.25, -0.2) is 0 Å². The van der Waals surface area contributed by atoms with Crippen LogP contribution in [0.3, 0.4) is 0 Å². The number of nitrogens with zero attached hydrogens (tertiary/aromatic N) is 3. The molecule has 0 bridgehead atoms. The molecule has 0 saturated carbocycles. The van der Waals surface area contributed by atoms with Crippen LogP contribution < -0.4 is 4.90 Å². The first kappa shape index (κ1) is 11.6. The summed E-state index contributed by atoms with van der Waals surface area (Å²) in [6, 6.07) is 0.545. The summed E-state index contributed by atoms with van der Waals surface area (Å²) in [5, 5.41) is 8.78. The highest BCUT2D eigenvalue weighted by atomic mass is 35.5. The Balaban J connectivity index is 2.38. The number of hydrogen-bond acceptors (Lipinski definition) is 3. The molecule has 0 aliphatic carbocycles. The Morgan fingerprint density at radius 2 is 1.88 bits per heavy atom. The minimum Gasteiger partial charge on any atom is -0.352 e. The van der Waals surface area contributed by atoms with Gasteiger partial charge in [-0.05, 0) is 44.2 Å². The van der Waals surface area contributed by atoms with Crippen molar-refractivity contribution in [3.05, 3.63) is 16.3 Å². The monoisotopic (exact) mass is 239 g/mol. The molecule has 4 heteroatoms. The van der Waals surface area contributed by atoms with E-state index in [0.29, 0.717) is 11.2 Å². The van der Waals surface area contributed by atoms with Crippen molar-refractivity contribution < 1.29 is 0 Å². The molecule has 0 radical (unpaired) electrons. The zero-order valence-corrected chi connectivity index (χ0v) is 11.0. The van der Waals surface area contributed by atoms with Gasteiger partial charge in [0.05, 0.1) is 0 Å². The van der Waals surface area contributed by atoms with Crippen LogP contribution in [0.15, 0.2) is 0 Å². The van der Waals surface area contributed by atoms with Crippen molar-refractivity contribution >= 4 is 17.4 Å². The van der Waals surface area contributed by atoms with Crippen LogP contribution in [0.5, 0.6) is 0 Å². The van der Waals surface area contributed by atoms with Gasteiger partial charge in [0.15, 0.2) is 11.0 Å². The molecule has 0 spiro atoms. The Morgan fingerprint density at radius 1 is 1.19 bits per heavy atom. The Hall–Kier alpha value is -0.830. The molecule has 1 aromatic rings. The lowest BCUT2D eigenvalue weighted by Gasteiger charge is -2.24. The molecule has 2 atom stereocenters. The van der Waals surface area contributed by atoms with E-state index in [1.165, 1.54) is 6.42 Å². The summed E-state index contributed by atoms with van der Waals surface area (Å²) in [6.07, 6.45) is 1.22. The fraction of sp³-hybridized carbons (Fsp3) is 0.667. The van der Waals surface area contributed by atoms with E-state index in [0.717, 1.165) is 29.4 Å². The van der Waals surface area contributed by atoms with Crippen LogP contribution in [0.25, 0.3) is 0 Å². The molecule has 2 heterocycles. The largest absolute Gasteiger partial charge is 0.352 e. The van der Waals surface area contributed by atoms with Crippen LogP contribution in [-0.4, -0.2) is 22.8 Å². The third-order valence-electron chi connectivity index (χ3n) is 3.50. The second-order valence-electron chi connectivity index (χ2n) is 4.91. The molecule has 3 nitrogen and oxygen atoms in total. The van der Waals surface area contributed by atoms with Gasteiger partial charge < -0.3 is 4.90 Å². The first-order valence-electron chi connectivity index (χ1n) is 5.76. The number of halogens is 1. The molecule has 0 amide bonds. The lowest BCUT2D eigenvalue weighted by Crippen LogP contribution is -2.29. The highest BCUT2D eigenvalue weighted by Crippen LogP contribution is 2.31. The summed E-state index contributed by atoms with van der Waals surface area (Å²) in [5.74, 6) is 1.73. The van der Waals surface area contributed by atoms with Crippen LogP contribution in [0.1, 0.15) is 31.4 Å². The quantitative estimate of drug-likeness (QED) is 0.755. The third-order valence-corrected chi connectivity index (χ3v) is 3.85. The van der Waals surface area contributed by atoms with Gasteiger partial charge in [-0.3, -0.25) is 0 Å². The second-order valence-corrected chi connectivity index (χ2v) is 5.26. The van der Waals surface area contributed by atoms with Gasteiger partial charge in [0.1, 0.15) is 0 Å². The van der Waals surface area contributed by atoms with E-state index < -0.39 is 0 Å². The molecule has 88 valence electrons. The van der Waals surface area contributed by atoms with E-state index in [4.69, 9.17) is 11.6 Å². The lowest BCUT2D eigenvalue weighted by atomic mass is 10.1. The predicted molar refractivity (Wildman–Crippen MR) is 67.1 cm³/mol. The summed E-state index contributed by atoms with van der Waals surface area (Å²) in [6.45, 7) is 9.66. The van der Waals surface area contributed by atoms with E-state index in [9.17, 15) is 0 Å². The van der Waals surface area contributed by atoms with E-state index in [-0.39, 0.29) is 0 Å². The van der Waals surface area contributed by atoms with Crippen molar-refractivity contribution in [3.8, 4) is 0 Å². The van der Waals surface area contributed by atoms with E-state index in [2.05, 4.69) is 35.9 Å². The fourth-order valence-electron chi connectivity index (χ4n) is 2.43. The van der Waals surface area contributed by atoms with Crippen molar-refractivity contribution in [2.75, 3.05) is 11.4 Å².